The van der Waals surface area contributed by atoms with Crippen LogP contribution in [0.5, 0.6) is 0 Å². The Morgan fingerprint density at radius 1 is 1.24 bits per heavy atom. The Balaban J connectivity index is 2.14. The molecule has 21 heavy (non-hydrogen) atoms. The van der Waals surface area contributed by atoms with Gasteiger partial charge in [0, 0.05) is 6.61 Å². The van der Waals surface area contributed by atoms with Crippen molar-refractivity contribution >= 4 is 0 Å². The molecule has 2 aliphatic carbocycles. The van der Waals surface area contributed by atoms with Crippen molar-refractivity contribution in [1.82, 2.24) is 0 Å². The van der Waals surface area contributed by atoms with Crippen molar-refractivity contribution in [2.24, 2.45) is 28.6 Å². The largest absolute Gasteiger partial charge is 0.396 e. The molecule has 122 valence electrons. The minimum Gasteiger partial charge on any atom is -0.396 e. The SMILES string of the molecule is CC1=CCC2C(C)(C)CCC[C@]2(C)C1CC[C@@H](C)CCO. The van der Waals surface area contributed by atoms with Gasteiger partial charge >= 0.3 is 0 Å². The first kappa shape index (κ1) is 17.1. The zero-order chi connectivity index (χ0) is 15.7. The molecule has 0 aromatic heterocycles. The van der Waals surface area contributed by atoms with Crippen LogP contribution in [-0.2, 0) is 0 Å². The van der Waals surface area contributed by atoms with Crippen molar-refractivity contribution < 1.29 is 5.11 Å². The molecule has 0 saturated heterocycles. The van der Waals surface area contributed by atoms with Crippen LogP contribution in [0.3, 0.4) is 0 Å². The lowest BCUT2D eigenvalue weighted by Crippen LogP contribution is -2.48. The number of aliphatic hydroxyl groups is 1. The molecule has 2 aliphatic rings. The van der Waals surface area contributed by atoms with Crippen LogP contribution in [-0.4, -0.2) is 11.7 Å². The van der Waals surface area contributed by atoms with Gasteiger partial charge in [-0.05, 0) is 67.6 Å². The second-order valence-corrected chi connectivity index (χ2v) is 8.83. The molecule has 2 unspecified atom stereocenters. The van der Waals surface area contributed by atoms with Crippen molar-refractivity contribution in [3.8, 4) is 0 Å². The number of allylic oxidation sites excluding steroid dienone is 2. The molecule has 0 aromatic carbocycles. The molecule has 0 spiro atoms. The predicted octanol–water partition coefficient (Wildman–Crippen LogP) is 5.58. The van der Waals surface area contributed by atoms with Crippen molar-refractivity contribution in [3.63, 3.8) is 0 Å². The van der Waals surface area contributed by atoms with E-state index in [1.165, 1.54) is 38.5 Å². The Labute approximate surface area is 132 Å². The third-order valence-corrected chi connectivity index (χ3v) is 6.87. The first-order valence-corrected chi connectivity index (χ1v) is 9.09. The number of hydrogen-bond donors (Lipinski definition) is 1. The monoisotopic (exact) mass is 292 g/mol. The zero-order valence-electron chi connectivity index (χ0n) is 14.9. The summed E-state index contributed by atoms with van der Waals surface area (Å²) in [5.74, 6) is 2.26. The van der Waals surface area contributed by atoms with Crippen LogP contribution in [0, 0.1) is 28.6 Å². The van der Waals surface area contributed by atoms with Crippen LogP contribution in [0.1, 0.15) is 79.6 Å². The fourth-order valence-electron chi connectivity index (χ4n) is 5.51. The van der Waals surface area contributed by atoms with Crippen molar-refractivity contribution in [2.75, 3.05) is 6.61 Å². The van der Waals surface area contributed by atoms with E-state index in [4.69, 9.17) is 5.11 Å². The summed E-state index contributed by atoms with van der Waals surface area (Å²) < 4.78 is 0. The molecule has 0 radical (unpaired) electrons. The van der Waals surface area contributed by atoms with Crippen molar-refractivity contribution in [3.05, 3.63) is 11.6 Å². The molecule has 0 heterocycles. The number of rotatable bonds is 5. The summed E-state index contributed by atoms with van der Waals surface area (Å²) in [6, 6.07) is 0. The van der Waals surface area contributed by atoms with Gasteiger partial charge in [0.25, 0.3) is 0 Å². The summed E-state index contributed by atoms with van der Waals surface area (Å²) in [6.07, 6.45) is 11.6. The van der Waals surface area contributed by atoms with Gasteiger partial charge in [0.2, 0.25) is 0 Å². The van der Waals surface area contributed by atoms with E-state index >= 15 is 0 Å². The highest BCUT2D eigenvalue weighted by Gasteiger charge is 2.51. The summed E-state index contributed by atoms with van der Waals surface area (Å²) in [5.41, 5.74) is 2.64. The summed E-state index contributed by atoms with van der Waals surface area (Å²) >= 11 is 0. The van der Waals surface area contributed by atoms with E-state index < -0.39 is 0 Å². The third-order valence-electron chi connectivity index (χ3n) is 6.87. The Hall–Kier alpha value is -0.300. The molecule has 1 saturated carbocycles. The topological polar surface area (TPSA) is 20.2 Å². The van der Waals surface area contributed by atoms with Crippen LogP contribution in [0.2, 0.25) is 0 Å². The van der Waals surface area contributed by atoms with Gasteiger partial charge in [0.15, 0.2) is 0 Å². The Morgan fingerprint density at radius 2 is 1.95 bits per heavy atom. The van der Waals surface area contributed by atoms with Gasteiger partial charge in [0.05, 0.1) is 0 Å². The zero-order valence-corrected chi connectivity index (χ0v) is 14.9. The average Bonchev–Trinajstić information content (AvgIpc) is 2.37. The van der Waals surface area contributed by atoms with E-state index in [1.54, 1.807) is 5.57 Å². The molecule has 1 nitrogen and oxygen atoms in total. The number of aliphatic hydroxyl groups excluding tert-OH is 1. The smallest absolute Gasteiger partial charge is 0.0433 e. The van der Waals surface area contributed by atoms with Crippen LogP contribution in [0.25, 0.3) is 0 Å². The third kappa shape index (κ3) is 3.38. The van der Waals surface area contributed by atoms with E-state index in [0.717, 1.165) is 18.3 Å². The maximum atomic E-state index is 9.12. The van der Waals surface area contributed by atoms with Gasteiger partial charge in [-0.1, -0.05) is 52.2 Å². The molecular formula is C20H36O. The van der Waals surface area contributed by atoms with Crippen LogP contribution >= 0.6 is 0 Å². The quantitative estimate of drug-likeness (QED) is 0.655. The summed E-state index contributed by atoms with van der Waals surface area (Å²) in [6.45, 7) is 12.6. The summed E-state index contributed by atoms with van der Waals surface area (Å²) in [5, 5.41) is 9.12. The first-order valence-electron chi connectivity index (χ1n) is 9.09. The van der Waals surface area contributed by atoms with Gasteiger partial charge in [-0.15, -0.1) is 0 Å². The molecule has 0 aromatic rings. The minimum absolute atomic E-state index is 0.341. The molecule has 1 N–H and O–H groups in total. The van der Waals surface area contributed by atoms with E-state index in [-0.39, 0.29) is 0 Å². The summed E-state index contributed by atoms with van der Waals surface area (Å²) in [4.78, 5) is 0. The predicted molar refractivity (Wildman–Crippen MR) is 91.2 cm³/mol. The number of hydrogen-bond acceptors (Lipinski definition) is 1. The Morgan fingerprint density at radius 3 is 2.62 bits per heavy atom. The van der Waals surface area contributed by atoms with Crippen LogP contribution < -0.4 is 0 Å². The molecule has 0 bridgehead atoms. The van der Waals surface area contributed by atoms with Gasteiger partial charge in [-0.3, -0.25) is 0 Å². The van der Waals surface area contributed by atoms with Crippen LogP contribution in [0.4, 0.5) is 0 Å². The molecule has 2 rings (SSSR count). The van der Waals surface area contributed by atoms with E-state index in [1.807, 2.05) is 0 Å². The maximum absolute atomic E-state index is 9.12. The normalized spacial score (nSPS) is 36.8. The van der Waals surface area contributed by atoms with E-state index in [0.29, 0.717) is 23.4 Å². The molecule has 0 aliphatic heterocycles. The van der Waals surface area contributed by atoms with Crippen LogP contribution in [0.15, 0.2) is 11.6 Å². The summed E-state index contributed by atoms with van der Waals surface area (Å²) in [7, 11) is 0. The Bertz CT molecular complexity index is 381. The molecule has 1 fully saturated rings. The fourth-order valence-corrected chi connectivity index (χ4v) is 5.51. The molecular weight excluding hydrogens is 256 g/mol. The molecule has 1 heteroatoms. The maximum Gasteiger partial charge on any atom is 0.0433 e. The lowest BCUT2D eigenvalue weighted by atomic mass is 9.48. The highest BCUT2D eigenvalue weighted by Crippen LogP contribution is 2.60. The van der Waals surface area contributed by atoms with Gasteiger partial charge < -0.3 is 5.11 Å². The van der Waals surface area contributed by atoms with Crippen molar-refractivity contribution in [2.45, 2.75) is 79.6 Å². The Kier molecular flexibility index (Phi) is 5.23. The second kappa shape index (κ2) is 6.44. The lowest BCUT2D eigenvalue weighted by molar-refractivity contribution is -0.0405. The number of fused-ring (bicyclic) bond motifs is 1. The van der Waals surface area contributed by atoms with Crippen molar-refractivity contribution in [1.29, 1.82) is 0 Å². The van der Waals surface area contributed by atoms with Gasteiger partial charge in [-0.2, -0.15) is 0 Å². The molecule has 4 atom stereocenters. The van der Waals surface area contributed by atoms with Gasteiger partial charge in [-0.25, -0.2) is 0 Å². The van der Waals surface area contributed by atoms with Gasteiger partial charge in [0.1, 0.15) is 0 Å². The molecule has 0 amide bonds. The second-order valence-electron chi connectivity index (χ2n) is 8.83. The minimum atomic E-state index is 0.341. The highest BCUT2D eigenvalue weighted by molar-refractivity contribution is 5.18. The van der Waals surface area contributed by atoms with E-state index in [2.05, 4.69) is 40.7 Å². The van der Waals surface area contributed by atoms with E-state index in [9.17, 15) is 0 Å². The lowest BCUT2D eigenvalue weighted by Gasteiger charge is -2.57. The standard InChI is InChI=1S/C20H36O/c1-15(11-14-21)7-9-17-16(2)8-10-18-19(3,4)12-6-13-20(17,18)5/h8,15,17-18,21H,6-7,9-14H2,1-5H3/t15-,17?,18?,20-/m1/s1. The average molecular weight is 293 g/mol. The fraction of sp³-hybridized carbons (Fsp3) is 0.900. The first-order chi connectivity index (χ1) is 9.81. The highest BCUT2D eigenvalue weighted by atomic mass is 16.3.